The number of phenols is 1. The first kappa shape index (κ1) is 18.9. The molecule has 0 saturated carbocycles. The molecule has 0 bridgehead atoms. The summed E-state index contributed by atoms with van der Waals surface area (Å²) < 4.78 is 10.5. The van der Waals surface area contributed by atoms with Gasteiger partial charge < -0.3 is 24.8 Å². The number of carbonyl (C=O) groups is 2. The van der Waals surface area contributed by atoms with Gasteiger partial charge in [0.15, 0.2) is 11.5 Å². The molecular formula is C20H22N4O5. The van der Waals surface area contributed by atoms with Crippen molar-refractivity contribution >= 4 is 23.3 Å². The highest BCUT2D eigenvalue weighted by Gasteiger charge is 2.20. The van der Waals surface area contributed by atoms with Crippen LogP contribution in [-0.2, 0) is 4.79 Å². The van der Waals surface area contributed by atoms with Crippen molar-refractivity contribution in [2.24, 2.45) is 0 Å². The second-order valence-electron chi connectivity index (χ2n) is 6.85. The molecule has 2 aliphatic rings. The van der Waals surface area contributed by atoms with Crippen molar-refractivity contribution < 1.29 is 24.2 Å². The summed E-state index contributed by atoms with van der Waals surface area (Å²) in [7, 11) is 0. The molecular weight excluding hydrogens is 376 g/mol. The van der Waals surface area contributed by atoms with Gasteiger partial charge >= 0.3 is 6.03 Å². The number of anilines is 2. The van der Waals surface area contributed by atoms with Crippen molar-refractivity contribution in [2.45, 2.75) is 0 Å². The molecule has 4 rings (SSSR count). The van der Waals surface area contributed by atoms with Crippen molar-refractivity contribution in [1.29, 1.82) is 0 Å². The predicted molar refractivity (Wildman–Crippen MR) is 106 cm³/mol. The van der Waals surface area contributed by atoms with E-state index in [0.29, 0.717) is 30.3 Å². The van der Waals surface area contributed by atoms with E-state index >= 15 is 0 Å². The molecule has 0 radical (unpaired) electrons. The number of amides is 3. The first-order chi connectivity index (χ1) is 14.1. The van der Waals surface area contributed by atoms with E-state index in [1.54, 1.807) is 30.3 Å². The zero-order valence-corrected chi connectivity index (χ0v) is 15.8. The van der Waals surface area contributed by atoms with Gasteiger partial charge in [-0.1, -0.05) is 0 Å². The third-order valence-electron chi connectivity index (χ3n) is 4.84. The summed E-state index contributed by atoms with van der Waals surface area (Å²) in [6, 6.07) is 11.5. The lowest BCUT2D eigenvalue weighted by atomic mass is 10.2. The fourth-order valence-corrected chi connectivity index (χ4v) is 3.33. The van der Waals surface area contributed by atoms with Gasteiger partial charge in [-0.25, -0.2) is 4.79 Å². The number of nitrogens with one attached hydrogen (secondary N) is 2. The standard InChI is InChI=1S/C20H22N4O5/c25-16-4-2-15(3-5-16)24-9-7-23(8-10-24)12-19(26)22-20(27)21-14-1-6-17-18(11-14)29-13-28-17/h1-6,11,25H,7-10,12-13H2,(H2,21,22,26,27). The maximum Gasteiger partial charge on any atom is 0.325 e. The number of piperazine rings is 1. The lowest BCUT2D eigenvalue weighted by Crippen LogP contribution is -2.50. The summed E-state index contributed by atoms with van der Waals surface area (Å²) >= 11 is 0. The minimum Gasteiger partial charge on any atom is -0.508 e. The fourth-order valence-electron chi connectivity index (χ4n) is 3.33. The third-order valence-corrected chi connectivity index (χ3v) is 4.84. The van der Waals surface area contributed by atoms with Crippen molar-refractivity contribution in [2.75, 3.05) is 49.7 Å². The Morgan fingerprint density at radius 2 is 1.69 bits per heavy atom. The number of phenolic OH excluding ortho intramolecular Hbond substituents is 1. The van der Waals surface area contributed by atoms with Gasteiger partial charge in [0.25, 0.3) is 0 Å². The molecule has 29 heavy (non-hydrogen) atoms. The summed E-state index contributed by atoms with van der Waals surface area (Å²) in [4.78, 5) is 28.5. The normalized spacial score (nSPS) is 15.8. The lowest BCUT2D eigenvalue weighted by molar-refractivity contribution is -0.121. The Hall–Kier alpha value is -3.46. The molecule has 9 nitrogen and oxygen atoms in total. The van der Waals surface area contributed by atoms with Crippen LogP contribution in [0.4, 0.5) is 16.2 Å². The number of hydrogen-bond donors (Lipinski definition) is 3. The average molecular weight is 398 g/mol. The number of carbonyl (C=O) groups excluding carboxylic acids is 2. The second-order valence-corrected chi connectivity index (χ2v) is 6.85. The molecule has 3 amide bonds. The predicted octanol–water partition coefficient (Wildman–Crippen LogP) is 1.59. The SMILES string of the molecule is O=C(CN1CCN(c2ccc(O)cc2)CC1)NC(=O)Nc1ccc2c(c1)OCO2. The van der Waals surface area contributed by atoms with Gasteiger partial charge in [-0.15, -0.1) is 0 Å². The van der Waals surface area contributed by atoms with E-state index in [2.05, 4.69) is 15.5 Å². The first-order valence-electron chi connectivity index (χ1n) is 9.34. The molecule has 0 aromatic heterocycles. The zero-order chi connectivity index (χ0) is 20.2. The first-order valence-corrected chi connectivity index (χ1v) is 9.34. The Bertz CT molecular complexity index is 894. The van der Waals surface area contributed by atoms with Gasteiger partial charge in [0.05, 0.1) is 6.54 Å². The Morgan fingerprint density at radius 1 is 0.966 bits per heavy atom. The number of rotatable bonds is 4. The molecule has 3 N–H and O–H groups in total. The van der Waals surface area contributed by atoms with E-state index in [1.165, 1.54) is 0 Å². The largest absolute Gasteiger partial charge is 0.508 e. The van der Waals surface area contributed by atoms with Crippen LogP contribution < -0.4 is 25.0 Å². The van der Waals surface area contributed by atoms with Crippen LogP contribution in [0.3, 0.4) is 0 Å². The molecule has 0 unspecified atom stereocenters. The summed E-state index contributed by atoms with van der Waals surface area (Å²) in [5.74, 6) is 1.06. The monoisotopic (exact) mass is 398 g/mol. The maximum atomic E-state index is 12.2. The van der Waals surface area contributed by atoms with Crippen LogP contribution in [0.2, 0.25) is 0 Å². The van der Waals surface area contributed by atoms with Gasteiger partial charge in [0, 0.05) is 43.6 Å². The van der Waals surface area contributed by atoms with E-state index in [4.69, 9.17) is 9.47 Å². The number of hydrogen-bond acceptors (Lipinski definition) is 7. The maximum absolute atomic E-state index is 12.2. The molecule has 1 saturated heterocycles. The van der Waals surface area contributed by atoms with Crippen LogP contribution in [0.15, 0.2) is 42.5 Å². The molecule has 0 spiro atoms. The number of benzene rings is 2. The quantitative estimate of drug-likeness (QED) is 0.719. The van der Waals surface area contributed by atoms with Gasteiger partial charge in [-0.05, 0) is 36.4 Å². The topological polar surface area (TPSA) is 103 Å². The number of ether oxygens (including phenoxy) is 2. The van der Waals surface area contributed by atoms with Crippen molar-refractivity contribution in [1.82, 2.24) is 10.2 Å². The van der Waals surface area contributed by atoms with Crippen LogP contribution >= 0.6 is 0 Å². The van der Waals surface area contributed by atoms with E-state index in [9.17, 15) is 14.7 Å². The number of aromatic hydroxyl groups is 1. The van der Waals surface area contributed by atoms with Crippen molar-refractivity contribution in [3.05, 3.63) is 42.5 Å². The average Bonchev–Trinajstić information content (AvgIpc) is 3.17. The Kier molecular flexibility index (Phi) is 5.39. The molecule has 2 aromatic rings. The highest BCUT2D eigenvalue weighted by molar-refractivity contribution is 6.01. The van der Waals surface area contributed by atoms with Gasteiger partial charge in [-0.2, -0.15) is 0 Å². The minimum absolute atomic E-state index is 0.151. The summed E-state index contributed by atoms with van der Waals surface area (Å²) in [5.41, 5.74) is 1.55. The van der Waals surface area contributed by atoms with E-state index < -0.39 is 6.03 Å². The minimum atomic E-state index is -0.586. The highest BCUT2D eigenvalue weighted by Crippen LogP contribution is 2.34. The zero-order valence-electron chi connectivity index (χ0n) is 15.8. The highest BCUT2D eigenvalue weighted by atomic mass is 16.7. The molecule has 2 aliphatic heterocycles. The summed E-state index contributed by atoms with van der Waals surface area (Å²) in [5, 5.41) is 14.4. The Labute approximate surface area is 167 Å². The molecule has 1 fully saturated rings. The molecule has 2 heterocycles. The smallest absolute Gasteiger partial charge is 0.325 e. The van der Waals surface area contributed by atoms with E-state index in [-0.39, 0.29) is 25.0 Å². The van der Waals surface area contributed by atoms with Crippen LogP contribution in [-0.4, -0.2) is 61.5 Å². The van der Waals surface area contributed by atoms with E-state index in [1.807, 2.05) is 17.0 Å². The number of imide groups is 1. The summed E-state index contributed by atoms with van der Waals surface area (Å²) in [6.07, 6.45) is 0. The van der Waals surface area contributed by atoms with Crippen LogP contribution in [0.25, 0.3) is 0 Å². The Morgan fingerprint density at radius 3 is 2.45 bits per heavy atom. The number of nitrogens with zero attached hydrogens (tertiary/aromatic N) is 2. The molecule has 9 heteroatoms. The summed E-state index contributed by atoms with van der Waals surface area (Å²) in [6.45, 7) is 3.25. The van der Waals surface area contributed by atoms with Crippen molar-refractivity contribution in [3.63, 3.8) is 0 Å². The molecule has 152 valence electrons. The fraction of sp³-hybridized carbons (Fsp3) is 0.300. The number of fused-ring (bicyclic) bond motifs is 1. The van der Waals surface area contributed by atoms with Gasteiger partial charge in [0.2, 0.25) is 12.7 Å². The number of urea groups is 1. The molecule has 0 aliphatic carbocycles. The lowest BCUT2D eigenvalue weighted by Gasteiger charge is -2.35. The van der Waals surface area contributed by atoms with Crippen LogP contribution in [0.5, 0.6) is 17.2 Å². The van der Waals surface area contributed by atoms with Crippen LogP contribution in [0, 0.1) is 0 Å². The van der Waals surface area contributed by atoms with E-state index in [0.717, 1.165) is 18.8 Å². The second kappa shape index (κ2) is 8.27. The van der Waals surface area contributed by atoms with Gasteiger partial charge in [-0.3, -0.25) is 15.0 Å². The van der Waals surface area contributed by atoms with Crippen molar-refractivity contribution in [3.8, 4) is 17.2 Å². The van der Waals surface area contributed by atoms with Crippen LogP contribution in [0.1, 0.15) is 0 Å². The Balaban J connectivity index is 1.22. The molecule has 2 aromatic carbocycles. The van der Waals surface area contributed by atoms with Gasteiger partial charge in [0.1, 0.15) is 5.75 Å². The third kappa shape index (κ3) is 4.69. The molecule has 0 atom stereocenters.